The Hall–Kier alpha value is -0.710. The van der Waals surface area contributed by atoms with Gasteiger partial charge in [0, 0.05) is 27.8 Å². The van der Waals surface area contributed by atoms with Crippen LogP contribution in [0.3, 0.4) is 0 Å². The zero-order valence-corrected chi connectivity index (χ0v) is 9.94. The molecule has 1 aromatic carbocycles. The minimum absolute atomic E-state index is 0.495. The van der Waals surface area contributed by atoms with Gasteiger partial charge < -0.3 is 5.73 Å². The first-order chi connectivity index (χ1) is 7.31. The second-order valence-electron chi connectivity index (χ2n) is 3.33. The maximum Gasteiger partial charge on any atom is 0.0500 e. The Balaban J connectivity index is 2.25. The van der Waals surface area contributed by atoms with Crippen molar-refractivity contribution in [3.8, 4) is 0 Å². The van der Waals surface area contributed by atoms with Crippen LogP contribution in [0.15, 0.2) is 29.6 Å². The van der Waals surface area contributed by atoms with Crippen molar-refractivity contribution in [3.63, 3.8) is 0 Å². The van der Waals surface area contributed by atoms with Crippen molar-refractivity contribution in [3.05, 3.63) is 35.2 Å². The lowest BCUT2D eigenvalue weighted by Gasteiger charge is -1.99. The molecule has 1 atom stereocenters. The zero-order valence-electron chi connectivity index (χ0n) is 8.31. The molecule has 2 rings (SSSR count). The standard InChI is InChI=1S/C11H13NOS2/c12-5-6-15(13)8-9-7-14-11-4-2-1-3-10(9)11/h1-4,7H,5-6,8,12H2. The summed E-state index contributed by atoms with van der Waals surface area (Å²) in [5, 5.41) is 3.33. The molecule has 0 aliphatic carbocycles. The van der Waals surface area contributed by atoms with Crippen LogP contribution in [0, 0.1) is 0 Å². The molecule has 0 fully saturated rings. The maximum atomic E-state index is 11.6. The topological polar surface area (TPSA) is 43.1 Å². The second kappa shape index (κ2) is 4.88. The number of benzene rings is 1. The average molecular weight is 239 g/mol. The number of fused-ring (bicyclic) bond motifs is 1. The predicted molar refractivity (Wildman–Crippen MR) is 67.6 cm³/mol. The van der Waals surface area contributed by atoms with Crippen LogP contribution in [0.2, 0.25) is 0 Å². The smallest absolute Gasteiger partial charge is 0.0500 e. The van der Waals surface area contributed by atoms with Crippen molar-refractivity contribution in [2.45, 2.75) is 5.75 Å². The van der Waals surface area contributed by atoms with Gasteiger partial charge in [-0.2, -0.15) is 0 Å². The monoisotopic (exact) mass is 239 g/mol. The molecule has 0 aliphatic heterocycles. The van der Waals surface area contributed by atoms with Gasteiger partial charge in [-0.05, 0) is 22.4 Å². The summed E-state index contributed by atoms with van der Waals surface area (Å²) in [6, 6.07) is 8.22. The summed E-state index contributed by atoms with van der Waals surface area (Å²) in [5.74, 6) is 1.21. The minimum Gasteiger partial charge on any atom is -0.330 e. The highest BCUT2D eigenvalue weighted by molar-refractivity contribution is 7.84. The Morgan fingerprint density at radius 3 is 2.93 bits per heavy atom. The highest BCUT2D eigenvalue weighted by Gasteiger charge is 2.06. The first-order valence-corrected chi connectivity index (χ1v) is 7.18. The molecule has 1 unspecified atom stereocenters. The molecular formula is C11H13NOS2. The van der Waals surface area contributed by atoms with E-state index in [2.05, 4.69) is 17.5 Å². The number of rotatable bonds is 4. The second-order valence-corrected chi connectivity index (χ2v) is 5.82. The first-order valence-electron chi connectivity index (χ1n) is 4.81. The molecule has 0 bridgehead atoms. The summed E-state index contributed by atoms with van der Waals surface area (Å²) in [5.41, 5.74) is 6.56. The Morgan fingerprint density at radius 2 is 2.13 bits per heavy atom. The summed E-state index contributed by atoms with van der Waals surface area (Å²) in [7, 11) is -0.824. The van der Waals surface area contributed by atoms with E-state index in [9.17, 15) is 4.21 Å². The van der Waals surface area contributed by atoms with E-state index < -0.39 is 10.8 Å². The third-order valence-electron chi connectivity index (χ3n) is 2.22. The maximum absolute atomic E-state index is 11.6. The fourth-order valence-corrected chi connectivity index (χ4v) is 3.58. The number of hydrogen-bond donors (Lipinski definition) is 1. The zero-order chi connectivity index (χ0) is 10.7. The summed E-state index contributed by atoms with van der Waals surface area (Å²) < 4.78 is 12.9. The normalized spacial score (nSPS) is 13.1. The van der Waals surface area contributed by atoms with Crippen molar-refractivity contribution in [2.24, 2.45) is 5.73 Å². The largest absolute Gasteiger partial charge is 0.330 e. The molecule has 1 heterocycles. The van der Waals surface area contributed by atoms with E-state index in [1.807, 2.05) is 12.1 Å². The van der Waals surface area contributed by atoms with Gasteiger partial charge in [0.05, 0.1) is 5.75 Å². The fraction of sp³-hybridized carbons (Fsp3) is 0.273. The van der Waals surface area contributed by atoms with E-state index in [-0.39, 0.29) is 0 Å². The third-order valence-corrected chi connectivity index (χ3v) is 4.56. The number of hydrogen-bond acceptors (Lipinski definition) is 3. The average Bonchev–Trinajstić information content (AvgIpc) is 2.62. The number of thiophene rings is 1. The van der Waals surface area contributed by atoms with Gasteiger partial charge in [-0.3, -0.25) is 4.21 Å². The Labute approximate surface area is 95.6 Å². The van der Waals surface area contributed by atoms with Crippen molar-refractivity contribution < 1.29 is 4.21 Å². The van der Waals surface area contributed by atoms with Gasteiger partial charge in [0.15, 0.2) is 0 Å². The van der Waals surface area contributed by atoms with Crippen molar-refractivity contribution in [1.82, 2.24) is 0 Å². The molecule has 0 saturated carbocycles. The van der Waals surface area contributed by atoms with Gasteiger partial charge in [0.1, 0.15) is 0 Å². The molecular weight excluding hydrogens is 226 g/mol. The highest BCUT2D eigenvalue weighted by atomic mass is 32.2. The summed E-state index contributed by atoms with van der Waals surface area (Å²) in [6.07, 6.45) is 0. The van der Waals surface area contributed by atoms with Crippen LogP contribution in [0.25, 0.3) is 10.1 Å². The van der Waals surface area contributed by atoms with Gasteiger partial charge in [-0.25, -0.2) is 0 Å². The SMILES string of the molecule is NCCS(=O)Cc1csc2ccccc12. The van der Waals surface area contributed by atoms with E-state index in [0.29, 0.717) is 18.1 Å². The van der Waals surface area contributed by atoms with Crippen LogP contribution in [-0.2, 0) is 16.6 Å². The molecule has 80 valence electrons. The fourth-order valence-electron chi connectivity index (χ4n) is 1.52. The Morgan fingerprint density at radius 1 is 1.33 bits per heavy atom. The Kier molecular flexibility index (Phi) is 3.51. The van der Waals surface area contributed by atoms with Crippen molar-refractivity contribution >= 4 is 32.2 Å². The molecule has 0 aliphatic rings. The molecule has 2 nitrogen and oxygen atoms in total. The lowest BCUT2D eigenvalue weighted by molar-refractivity contribution is 0.682. The van der Waals surface area contributed by atoms with Crippen LogP contribution >= 0.6 is 11.3 Å². The van der Waals surface area contributed by atoms with E-state index in [1.165, 1.54) is 15.6 Å². The van der Waals surface area contributed by atoms with Crippen LogP contribution < -0.4 is 5.73 Å². The van der Waals surface area contributed by atoms with Gasteiger partial charge in [-0.15, -0.1) is 11.3 Å². The van der Waals surface area contributed by atoms with Crippen LogP contribution in [-0.4, -0.2) is 16.5 Å². The molecule has 4 heteroatoms. The summed E-state index contributed by atoms with van der Waals surface area (Å²) in [4.78, 5) is 0. The molecule has 0 spiro atoms. The number of nitrogens with two attached hydrogens (primary N) is 1. The van der Waals surface area contributed by atoms with E-state index in [4.69, 9.17) is 5.73 Å². The Bertz CT molecular complexity index is 478. The van der Waals surface area contributed by atoms with Gasteiger partial charge in [0.25, 0.3) is 0 Å². The summed E-state index contributed by atoms with van der Waals surface area (Å²) in [6.45, 7) is 0.495. The summed E-state index contributed by atoms with van der Waals surface area (Å²) >= 11 is 1.71. The molecule has 0 radical (unpaired) electrons. The van der Waals surface area contributed by atoms with Gasteiger partial charge in [-0.1, -0.05) is 18.2 Å². The minimum atomic E-state index is -0.824. The van der Waals surface area contributed by atoms with Gasteiger partial charge in [0.2, 0.25) is 0 Å². The molecule has 2 N–H and O–H groups in total. The molecule has 15 heavy (non-hydrogen) atoms. The molecule has 2 aromatic rings. The van der Waals surface area contributed by atoms with E-state index in [1.54, 1.807) is 11.3 Å². The van der Waals surface area contributed by atoms with Crippen LogP contribution in [0.4, 0.5) is 0 Å². The van der Waals surface area contributed by atoms with E-state index in [0.717, 1.165) is 0 Å². The van der Waals surface area contributed by atoms with Crippen LogP contribution in [0.5, 0.6) is 0 Å². The molecule has 0 amide bonds. The van der Waals surface area contributed by atoms with Gasteiger partial charge >= 0.3 is 0 Å². The molecule has 1 aromatic heterocycles. The lowest BCUT2D eigenvalue weighted by Crippen LogP contribution is -2.11. The predicted octanol–water partition coefficient (Wildman–Crippen LogP) is 2.11. The lowest BCUT2D eigenvalue weighted by atomic mass is 10.2. The van der Waals surface area contributed by atoms with E-state index >= 15 is 0 Å². The third kappa shape index (κ3) is 2.45. The highest BCUT2D eigenvalue weighted by Crippen LogP contribution is 2.26. The van der Waals surface area contributed by atoms with Crippen molar-refractivity contribution in [2.75, 3.05) is 12.3 Å². The van der Waals surface area contributed by atoms with Crippen LogP contribution in [0.1, 0.15) is 5.56 Å². The molecule has 0 saturated heterocycles. The van der Waals surface area contributed by atoms with Crippen molar-refractivity contribution in [1.29, 1.82) is 0 Å². The quantitative estimate of drug-likeness (QED) is 0.888. The first kappa shape index (κ1) is 10.8.